The highest BCUT2D eigenvalue weighted by Gasteiger charge is 2.28. The van der Waals surface area contributed by atoms with Gasteiger partial charge in [0.25, 0.3) is 5.56 Å². The van der Waals surface area contributed by atoms with E-state index in [0.717, 1.165) is 26.2 Å². The maximum atomic E-state index is 12.0. The molecular formula is C19H28N4O5. The molecule has 4 N–H and O–H groups in total. The first-order chi connectivity index (χ1) is 13.4. The van der Waals surface area contributed by atoms with Gasteiger partial charge >= 0.3 is 0 Å². The number of carbonyl (C=O) groups excluding carboxylic acids is 1. The van der Waals surface area contributed by atoms with Crippen molar-refractivity contribution in [1.29, 1.82) is 0 Å². The van der Waals surface area contributed by atoms with E-state index in [0.29, 0.717) is 23.2 Å². The zero-order valence-corrected chi connectivity index (χ0v) is 16.6. The Morgan fingerprint density at radius 1 is 1.54 bits per heavy atom. The first-order valence-corrected chi connectivity index (χ1v) is 8.82. The van der Waals surface area contributed by atoms with E-state index >= 15 is 0 Å². The van der Waals surface area contributed by atoms with Crippen LogP contribution in [-0.2, 0) is 14.3 Å². The number of aliphatic hydroxyl groups excluding tert-OH is 1. The topological polar surface area (TPSA) is 132 Å². The van der Waals surface area contributed by atoms with Gasteiger partial charge in [0.05, 0.1) is 23.7 Å². The molecule has 0 bridgehead atoms. The molecule has 0 aliphatic carbocycles. The normalized spacial score (nSPS) is 18.0. The number of nitrogen functional groups attached to an aromatic ring is 1. The second kappa shape index (κ2) is 11.2. The number of aromatic amines is 1. The van der Waals surface area contributed by atoms with Gasteiger partial charge in [0.1, 0.15) is 12.5 Å². The molecule has 28 heavy (non-hydrogen) atoms. The molecule has 1 aliphatic rings. The molecule has 0 saturated carbocycles. The van der Waals surface area contributed by atoms with E-state index in [1.165, 1.54) is 0 Å². The van der Waals surface area contributed by atoms with Crippen molar-refractivity contribution in [3.8, 4) is 12.3 Å². The molecule has 9 nitrogen and oxygen atoms in total. The van der Waals surface area contributed by atoms with E-state index in [2.05, 4.69) is 15.9 Å². The number of terminal acetylenes is 1. The number of fused-ring (bicyclic) bond motifs is 1. The molecule has 2 aromatic rings. The number of rotatable bonds is 4. The van der Waals surface area contributed by atoms with Crippen molar-refractivity contribution in [3.05, 3.63) is 22.1 Å². The number of ether oxygens (including phenoxy) is 2. The monoisotopic (exact) mass is 392 g/mol. The number of aromatic nitrogens is 3. The second-order valence-electron chi connectivity index (χ2n) is 6.37. The van der Waals surface area contributed by atoms with Crippen LogP contribution in [0.25, 0.3) is 11.0 Å². The van der Waals surface area contributed by atoms with Crippen LogP contribution < -0.4 is 11.3 Å². The highest BCUT2D eigenvalue weighted by Crippen LogP contribution is 2.31. The van der Waals surface area contributed by atoms with Crippen LogP contribution in [0.1, 0.15) is 38.5 Å². The predicted octanol–water partition coefficient (Wildman–Crippen LogP) is 1.06. The zero-order chi connectivity index (χ0) is 21.3. The standard InChI is InChI=1S/C14H16N4O3.C4H8O.CH4O/c1-3-8-6-18(10-5-4-9(21-10)7-20-2)12-11(8)13(19)17-14(15)16-12;1-4(2)3-5;1-2/h1,6,9-10H,4-5,7H2,2H3,(H3,15,16,17,19);3-4H,1-2H3;2H,1H3. The molecule has 0 radical (unpaired) electrons. The van der Waals surface area contributed by atoms with Crippen LogP contribution in [0.4, 0.5) is 5.95 Å². The summed E-state index contributed by atoms with van der Waals surface area (Å²) in [5.74, 6) is 2.77. The van der Waals surface area contributed by atoms with Crippen molar-refractivity contribution in [1.82, 2.24) is 14.5 Å². The Balaban J connectivity index is 0.000000490. The number of aliphatic hydroxyl groups is 1. The van der Waals surface area contributed by atoms with Gasteiger partial charge in [0.15, 0.2) is 5.65 Å². The van der Waals surface area contributed by atoms with Gasteiger partial charge in [-0.3, -0.25) is 9.78 Å². The fourth-order valence-corrected chi connectivity index (χ4v) is 2.70. The van der Waals surface area contributed by atoms with Gasteiger partial charge in [-0.2, -0.15) is 4.98 Å². The summed E-state index contributed by atoms with van der Waals surface area (Å²) >= 11 is 0. The highest BCUT2D eigenvalue weighted by atomic mass is 16.5. The number of hydrogen-bond donors (Lipinski definition) is 3. The van der Waals surface area contributed by atoms with Gasteiger partial charge in [-0.05, 0) is 12.8 Å². The molecule has 0 amide bonds. The minimum Gasteiger partial charge on any atom is -0.400 e. The number of anilines is 1. The summed E-state index contributed by atoms with van der Waals surface area (Å²) in [6.45, 7) is 4.24. The van der Waals surface area contributed by atoms with E-state index in [9.17, 15) is 9.59 Å². The highest BCUT2D eigenvalue weighted by molar-refractivity contribution is 5.83. The Morgan fingerprint density at radius 2 is 2.18 bits per heavy atom. The minimum atomic E-state index is -0.337. The molecule has 1 saturated heterocycles. The molecule has 1 fully saturated rings. The lowest BCUT2D eigenvalue weighted by Gasteiger charge is -2.15. The Kier molecular flexibility index (Phi) is 9.38. The van der Waals surface area contributed by atoms with E-state index in [1.54, 1.807) is 17.9 Å². The Bertz CT molecular complexity index is 866. The van der Waals surface area contributed by atoms with Crippen LogP contribution in [-0.4, -0.2) is 52.9 Å². The van der Waals surface area contributed by atoms with Crippen LogP contribution in [0, 0.1) is 18.3 Å². The third-order valence-corrected chi connectivity index (χ3v) is 3.88. The van der Waals surface area contributed by atoms with Gasteiger partial charge in [0.2, 0.25) is 5.95 Å². The van der Waals surface area contributed by atoms with Crippen molar-refractivity contribution in [2.24, 2.45) is 5.92 Å². The molecular weight excluding hydrogens is 364 g/mol. The molecule has 154 valence electrons. The maximum absolute atomic E-state index is 12.0. The fourth-order valence-electron chi connectivity index (χ4n) is 2.70. The average molecular weight is 392 g/mol. The van der Waals surface area contributed by atoms with Crippen molar-refractivity contribution < 1.29 is 19.4 Å². The van der Waals surface area contributed by atoms with E-state index < -0.39 is 0 Å². The van der Waals surface area contributed by atoms with Crippen LogP contribution in [0.3, 0.4) is 0 Å². The Morgan fingerprint density at radius 3 is 2.71 bits per heavy atom. The number of nitrogens with zero attached hydrogens (tertiary/aromatic N) is 2. The summed E-state index contributed by atoms with van der Waals surface area (Å²) in [4.78, 5) is 28.2. The molecule has 2 aromatic heterocycles. The first-order valence-electron chi connectivity index (χ1n) is 8.82. The third-order valence-electron chi connectivity index (χ3n) is 3.88. The van der Waals surface area contributed by atoms with Crippen molar-refractivity contribution in [3.63, 3.8) is 0 Å². The molecule has 9 heteroatoms. The van der Waals surface area contributed by atoms with Crippen LogP contribution in [0.2, 0.25) is 0 Å². The maximum Gasteiger partial charge on any atom is 0.263 e. The summed E-state index contributed by atoms with van der Waals surface area (Å²) in [5.41, 5.74) is 6.22. The summed E-state index contributed by atoms with van der Waals surface area (Å²) in [6.07, 6.45) is 9.60. The lowest BCUT2D eigenvalue weighted by molar-refractivity contribution is -0.110. The molecule has 3 rings (SSSR count). The summed E-state index contributed by atoms with van der Waals surface area (Å²) < 4.78 is 12.8. The smallest absolute Gasteiger partial charge is 0.263 e. The largest absolute Gasteiger partial charge is 0.400 e. The summed E-state index contributed by atoms with van der Waals surface area (Å²) in [6, 6.07) is 0. The van der Waals surface area contributed by atoms with E-state index in [-0.39, 0.29) is 29.8 Å². The van der Waals surface area contributed by atoms with Crippen molar-refractivity contribution in [2.75, 3.05) is 26.6 Å². The number of aldehydes is 1. The van der Waals surface area contributed by atoms with E-state index in [1.807, 2.05) is 13.8 Å². The molecule has 2 unspecified atom stereocenters. The quantitative estimate of drug-likeness (QED) is 0.523. The predicted molar refractivity (Wildman–Crippen MR) is 107 cm³/mol. The van der Waals surface area contributed by atoms with E-state index in [4.69, 9.17) is 26.7 Å². The van der Waals surface area contributed by atoms with Crippen LogP contribution >= 0.6 is 0 Å². The third kappa shape index (κ3) is 5.66. The zero-order valence-electron chi connectivity index (χ0n) is 16.6. The molecule has 0 spiro atoms. The average Bonchev–Trinajstić information content (AvgIpc) is 3.28. The second-order valence-corrected chi connectivity index (χ2v) is 6.37. The first kappa shape index (κ1) is 23.4. The molecule has 0 aromatic carbocycles. The van der Waals surface area contributed by atoms with Crippen LogP contribution in [0.15, 0.2) is 11.0 Å². The van der Waals surface area contributed by atoms with Gasteiger partial charge < -0.3 is 29.7 Å². The fraction of sp³-hybridized carbons (Fsp3) is 0.526. The number of carbonyl (C=O) groups is 1. The number of nitrogens with one attached hydrogen (secondary N) is 1. The van der Waals surface area contributed by atoms with Gasteiger partial charge in [-0.1, -0.05) is 19.8 Å². The lowest BCUT2D eigenvalue weighted by Crippen LogP contribution is -2.16. The lowest BCUT2D eigenvalue weighted by atomic mass is 10.2. The molecule has 1 aliphatic heterocycles. The van der Waals surface area contributed by atoms with Crippen LogP contribution in [0.5, 0.6) is 0 Å². The number of methoxy groups -OCH3 is 1. The Hall–Kier alpha value is -2.67. The van der Waals surface area contributed by atoms with Crippen molar-refractivity contribution >= 4 is 23.3 Å². The van der Waals surface area contributed by atoms with Crippen molar-refractivity contribution in [2.45, 2.75) is 39.0 Å². The number of hydrogen-bond acceptors (Lipinski definition) is 7. The van der Waals surface area contributed by atoms with Gasteiger partial charge in [-0.25, -0.2) is 0 Å². The molecule has 2 atom stereocenters. The SMILES string of the molecule is C#Cc1cn(C2CCC(COC)O2)c2nc(N)[nH]c(=O)c12.CC(C)C=O.CO. The number of H-pyrrole nitrogens is 1. The number of nitrogens with two attached hydrogens (primary N) is 1. The minimum absolute atomic E-state index is 0.0334. The summed E-state index contributed by atoms with van der Waals surface area (Å²) in [5, 5.41) is 7.37. The van der Waals surface area contributed by atoms with Gasteiger partial charge in [0, 0.05) is 26.3 Å². The Labute approximate surface area is 163 Å². The summed E-state index contributed by atoms with van der Waals surface area (Å²) in [7, 11) is 2.64. The van der Waals surface area contributed by atoms with Gasteiger partial charge in [-0.15, -0.1) is 6.42 Å². The molecule has 3 heterocycles.